The lowest BCUT2D eigenvalue weighted by Gasteiger charge is -2.18. The van der Waals surface area contributed by atoms with Crippen LogP contribution in [0.5, 0.6) is 0 Å². The van der Waals surface area contributed by atoms with Crippen LogP contribution in [-0.4, -0.2) is 37.2 Å². The molecule has 0 fully saturated rings. The predicted octanol–water partition coefficient (Wildman–Crippen LogP) is 24.0. The van der Waals surface area contributed by atoms with Crippen molar-refractivity contribution in [2.45, 2.75) is 348 Å². The van der Waals surface area contributed by atoms with Crippen molar-refractivity contribution >= 4 is 17.9 Å². The molecule has 1 unspecified atom stereocenters. The number of rotatable bonds is 63. The number of unbranched alkanes of at least 4 members (excludes halogenated alkanes) is 37. The summed E-state index contributed by atoms with van der Waals surface area (Å²) in [5.74, 6) is -1.02. The fourth-order valence-electron chi connectivity index (χ4n) is 9.94. The number of ether oxygens (including phenoxy) is 3. The Morgan fingerprint density at radius 1 is 0.272 bits per heavy atom. The van der Waals surface area contributed by atoms with E-state index >= 15 is 0 Å². The van der Waals surface area contributed by atoms with E-state index in [1.807, 2.05) is 6.08 Å². The number of esters is 3. The number of hydrogen-bond acceptors (Lipinski definition) is 6. The third kappa shape index (κ3) is 67.0. The first-order chi connectivity index (χ1) is 40.0. The van der Waals surface area contributed by atoms with Gasteiger partial charge >= 0.3 is 17.9 Å². The van der Waals surface area contributed by atoms with Crippen molar-refractivity contribution in [3.63, 3.8) is 0 Å². The maximum Gasteiger partial charge on any atom is 0.309 e. The normalized spacial score (nSPS) is 12.7. The molecule has 0 rings (SSSR count). The molecule has 0 aromatic rings. The molecule has 0 bridgehead atoms. The molecule has 0 radical (unpaired) electrons. The van der Waals surface area contributed by atoms with Gasteiger partial charge in [-0.25, -0.2) is 0 Å². The molecule has 6 nitrogen and oxygen atoms in total. The largest absolute Gasteiger partial charge is 0.462 e. The van der Waals surface area contributed by atoms with Crippen molar-refractivity contribution in [2.75, 3.05) is 13.2 Å². The fourth-order valence-corrected chi connectivity index (χ4v) is 9.94. The molecule has 0 aromatic carbocycles. The molecule has 0 spiro atoms. The van der Waals surface area contributed by atoms with E-state index in [4.69, 9.17) is 14.2 Å². The SMILES string of the molecule is CC/C=C\C/C=C\C/C=C\C/C=C\C/C=C\CC(=O)OCC(COC(=O)CCCCCCCCCCCCCCCC/C=C\C/C=C\C/C=C\CCCCCCC)OC(=O)CCCCCCCCCCCCCCCCCCCCC. The second-order valence-corrected chi connectivity index (χ2v) is 23.1. The lowest BCUT2D eigenvalue weighted by Crippen LogP contribution is -2.30. The minimum absolute atomic E-state index is 0.105. The Hall–Kier alpha value is -3.67. The monoisotopic (exact) mass is 1130 g/mol. The lowest BCUT2D eigenvalue weighted by molar-refractivity contribution is -0.166. The maximum absolute atomic E-state index is 12.9. The van der Waals surface area contributed by atoms with E-state index in [2.05, 4.69) is 106 Å². The summed E-state index contributed by atoms with van der Waals surface area (Å²) < 4.78 is 16.9. The highest BCUT2D eigenvalue weighted by Gasteiger charge is 2.19. The van der Waals surface area contributed by atoms with Gasteiger partial charge in [0.15, 0.2) is 6.10 Å². The number of hydrogen-bond donors (Lipinski definition) is 0. The van der Waals surface area contributed by atoms with Crippen LogP contribution in [0, 0.1) is 0 Å². The Bertz CT molecular complexity index is 1580. The molecule has 0 saturated heterocycles. The molecule has 0 aliphatic heterocycles. The summed E-state index contributed by atoms with van der Waals surface area (Å²) in [6.45, 7) is 6.47. The molecule has 466 valence electrons. The highest BCUT2D eigenvalue weighted by Crippen LogP contribution is 2.17. The van der Waals surface area contributed by atoms with Gasteiger partial charge in [0.25, 0.3) is 0 Å². The summed E-state index contributed by atoms with van der Waals surface area (Å²) >= 11 is 0. The third-order valence-corrected chi connectivity index (χ3v) is 15.1. The highest BCUT2D eigenvalue weighted by molar-refractivity contribution is 5.72. The standard InChI is InChI=1S/C75H130O6/c1-4-7-10-13-16-19-22-25-28-30-32-33-34-35-36-37-38-39-40-41-43-44-47-50-53-56-59-62-65-68-74(77)80-71-72(70-79-73(76)67-64-61-58-55-52-49-46-27-24-21-18-15-12-9-6-3)81-75(78)69-66-63-60-57-54-51-48-45-42-31-29-26-23-20-17-14-11-8-5-2/h9,12,18,21-22,25,27,30,32,34-35,46,52,55,61,64,72H,4-8,10-11,13-17,19-20,23-24,26,28-29,31,33,36-45,47-51,53-54,56-60,62-63,65-71H2,1-3H3/b12-9-,21-18-,25-22-,32-30-,35-34-,46-27-,55-52-,64-61-. The summed E-state index contributed by atoms with van der Waals surface area (Å²) in [6, 6.07) is 0. The number of allylic oxidation sites excluding steroid dienone is 15. The van der Waals surface area contributed by atoms with Crippen LogP contribution in [0.25, 0.3) is 0 Å². The van der Waals surface area contributed by atoms with Gasteiger partial charge in [0, 0.05) is 12.8 Å². The van der Waals surface area contributed by atoms with Crippen molar-refractivity contribution in [1.82, 2.24) is 0 Å². The quantitative estimate of drug-likeness (QED) is 0.0261. The van der Waals surface area contributed by atoms with Gasteiger partial charge in [-0.2, -0.15) is 0 Å². The van der Waals surface area contributed by atoms with E-state index in [0.717, 1.165) is 83.5 Å². The predicted molar refractivity (Wildman–Crippen MR) is 353 cm³/mol. The molecule has 0 heterocycles. The molecule has 0 amide bonds. The first-order valence-corrected chi connectivity index (χ1v) is 34.7. The van der Waals surface area contributed by atoms with Gasteiger partial charge in [-0.3, -0.25) is 14.4 Å². The zero-order valence-electron chi connectivity index (χ0n) is 53.5. The van der Waals surface area contributed by atoms with E-state index < -0.39 is 12.1 Å². The van der Waals surface area contributed by atoms with Crippen molar-refractivity contribution in [3.05, 3.63) is 97.2 Å². The Labute approximate surface area is 502 Å². The molecule has 0 aromatic heterocycles. The van der Waals surface area contributed by atoms with E-state index in [1.165, 1.54) is 218 Å². The summed E-state index contributed by atoms with van der Waals surface area (Å²) in [6.07, 6.45) is 93.2. The zero-order valence-corrected chi connectivity index (χ0v) is 53.5. The van der Waals surface area contributed by atoms with Crippen LogP contribution in [0.4, 0.5) is 0 Å². The van der Waals surface area contributed by atoms with E-state index in [9.17, 15) is 14.4 Å². The van der Waals surface area contributed by atoms with Gasteiger partial charge in [-0.15, -0.1) is 0 Å². The first kappa shape index (κ1) is 77.3. The Morgan fingerprint density at radius 3 is 0.864 bits per heavy atom. The van der Waals surface area contributed by atoms with Crippen LogP contribution in [0.2, 0.25) is 0 Å². The second-order valence-electron chi connectivity index (χ2n) is 23.1. The van der Waals surface area contributed by atoms with Crippen LogP contribution in [0.15, 0.2) is 97.2 Å². The van der Waals surface area contributed by atoms with Gasteiger partial charge in [-0.1, -0.05) is 336 Å². The Morgan fingerprint density at radius 2 is 0.531 bits per heavy atom. The average molecular weight is 1130 g/mol. The van der Waals surface area contributed by atoms with Crippen molar-refractivity contribution in [1.29, 1.82) is 0 Å². The molecule has 0 saturated carbocycles. The summed E-state index contributed by atoms with van der Waals surface area (Å²) in [5.41, 5.74) is 0. The van der Waals surface area contributed by atoms with Crippen molar-refractivity contribution in [3.8, 4) is 0 Å². The van der Waals surface area contributed by atoms with Gasteiger partial charge in [0.2, 0.25) is 0 Å². The van der Waals surface area contributed by atoms with Crippen molar-refractivity contribution in [2.24, 2.45) is 0 Å². The summed E-state index contributed by atoms with van der Waals surface area (Å²) in [5, 5.41) is 0. The van der Waals surface area contributed by atoms with E-state index in [-0.39, 0.29) is 31.6 Å². The minimum Gasteiger partial charge on any atom is -0.462 e. The molecule has 1 atom stereocenters. The molecular formula is C75H130O6. The smallest absolute Gasteiger partial charge is 0.309 e. The molecular weight excluding hydrogens is 997 g/mol. The molecule has 6 heteroatoms. The highest BCUT2D eigenvalue weighted by atomic mass is 16.6. The van der Waals surface area contributed by atoms with Gasteiger partial charge in [0.1, 0.15) is 13.2 Å². The van der Waals surface area contributed by atoms with Gasteiger partial charge in [0.05, 0.1) is 6.42 Å². The molecule has 0 aliphatic rings. The van der Waals surface area contributed by atoms with Crippen LogP contribution < -0.4 is 0 Å². The molecule has 0 N–H and O–H groups in total. The van der Waals surface area contributed by atoms with Crippen LogP contribution in [0.3, 0.4) is 0 Å². The van der Waals surface area contributed by atoms with Crippen LogP contribution in [-0.2, 0) is 28.6 Å². The average Bonchev–Trinajstić information content (AvgIpc) is 3.47. The Balaban J connectivity index is 4.32. The molecule has 81 heavy (non-hydrogen) atoms. The first-order valence-electron chi connectivity index (χ1n) is 34.7. The van der Waals surface area contributed by atoms with Crippen LogP contribution >= 0.6 is 0 Å². The number of carbonyl (C=O) groups excluding carboxylic acids is 3. The van der Waals surface area contributed by atoms with Gasteiger partial charge in [-0.05, 0) is 83.5 Å². The molecule has 0 aliphatic carbocycles. The topological polar surface area (TPSA) is 78.9 Å². The third-order valence-electron chi connectivity index (χ3n) is 15.1. The zero-order chi connectivity index (χ0) is 58.5. The van der Waals surface area contributed by atoms with Gasteiger partial charge < -0.3 is 14.2 Å². The maximum atomic E-state index is 12.9. The second kappa shape index (κ2) is 68.8. The lowest BCUT2D eigenvalue weighted by atomic mass is 10.0. The summed E-state index contributed by atoms with van der Waals surface area (Å²) in [7, 11) is 0. The Kier molecular flexibility index (Phi) is 65.7. The number of carbonyl (C=O) groups is 3. The van der Waals surface area contributed by atoms with E-state index in [0.29, 0.717) is 12.8 Å². The minimum atomic E-state index is -0.818. The fraction of sp³-hybridized carbons (Fsp3) is 0.747. The summed E-state index contributed by atoms with van der Waals surface area (Å²) in [4.78, 5) is 38.3. The van der Waals surface area contributed by atoms with E-state index in [1.54, 1.807) is 6.08 Å². The van der Waals surface area contributed by atoms with Crippen molar-refractivity contribution < 1.29 is 28.6 Å². The van der Waals surface area contributed by atoms with Crippen LogP contribution in [0.1, 0.15) is 342 Å².